The summed E-state index contributed by atoms with van der Waals surface area (Å²) in [5, 5.41) is 14.0. The lowest BCUT2D eigenvalue weighted by Gasteiger charge is -2.54. The minimum atomic E-state index is -0.400. The molecule has 768 valence electrons. The fraction of sp³-hybridized carbons (Fsp3) is 0.709. The molecule has 0 bridgehead atoms. The molecule has 0 radical (unpaired) electrons. The van der Waals surface area contributed by atoms with E-state index in [2.05, 4.69) is 155 Å². The van der Waals surface area contributed by atoms with Crippen molar-refractivity contribution in [2.75, 3.05) is 81.3 Å². The van der Waals surface area contributed by atoms with Crippen LogP contribution in [0.25, 0.3) is 0 Å². The average Bonchev–Trinajstić information content (AvgIpc) is 1.76. The molecule has 4 spiro atoms. The summed E-state index contributed by atoms with van der Waals surface area (Å²) >= 11 is 6.29. The second-order valence-electron chi connectivity index (χ2n) is 45.7. The molecule has 31 nitrogen and oxygen atoms in total. The minimum absolute atomic E-state index is 0.00176. The molecule has 0 amide bonds. The number of allylic oxidation sites excluding steroid dienone is 1. The Morgan fingerprint density at radius 2 is 0.704 bits per heavy atom. The number of H-pyrrole nitrogens is 1. The number of aliphatic hydroxyl groups excluding tert-OH is 1. The van der Waals surface area contributed by atoms with Crippen LogP contribution in [0.4, 0.5) is 0 Å². The van der Waals surface area contributed by atoms with Gasteiger partial charge in [0.15, 0.2) is 28.9 Å². The largest absolute Gasteiger partial charge is 0.515 e. The van der Waals surface area contributed by atoms with E-state index in [1.54, 1.807) is 60.1 Å². The predicted molar refractivity (Wildman–Crippen MR) is 525 cm³/mol. The van der Waals surface area contributed by atoms with E-state index >= 15 is 0 Å². The number of rotatable bonds is 4. The number of carbonyl (C=O) groups is 3. The number of hydrogen-bond donors (Lipinski definition) is 2. The van der Waals surface area contributed by atoms with Gasteiger partial charge in [0.1, 0.15) is 54.1 Å². The third-order valence-corrected chi connectivity index (χ3v) is 39.9. The zero-order valence-corrected chi connectivity index (χ0v) is 87.3. The van der Waals surface area contributed by atoms with Gasteiger partial charge < -0.3 is 71.5 Å². The number of fused-ring (bicyclic) bond motifs is 20. The SMILES string of the molecule is COc1ncnc2c1CC[C@H]1[C@H](C)C(=O)/C(=C\O)C[C@]21C.COc1ncnc2c1CC[C@H]1[C@H](C)C(=O)CC[C@]21C.COc1ncnc2c1CC[C@H]1[C@H](C)C3(CC[C@]21C)OCCO3.COc1ncnc2c1CC[C@H]1[C@H](C)c3oncc3C[C@]21C.C[C@H]1[C@@H]2CCCC(=O)[C@@]2(C)CCC12OCCO2.C[C@H]1[C@@H]2CCc3c(Cl)ncnc3[C@@]2(C)CCC12OCCO2.C[C@H]1[C@@H]2CCc3c(nc[nH]c3=O)[C@@]2(C)CCC12OCCO2. The lowest BCUT2D eigenvalue weighted by atomic mass is 9.55. The molecule has 7 aromatic heterocycles. The van der Waals surface area contributed by atoms with Gasteiger partial charge in [-0.25, -0.2) is 54.8 Å². The highest BCUT2D eigenvalue weighted by atomic mass is 35.5. The quantitative estimate of drug-likeness (QED) is 0.0939. The Kier molecular flexibility index (Phi) is 28.3. The first-order chi connectivity index (χ1) is 68.1. The maximum Gasteiger partial charge on any atom is 0.254 e. The summed E-state index contributed by atoms with van der Waals surface area (Å²) in [7, 11) is 6.64. The molecule has 2 N–H and O–H groups in total. The summed E-state index contributed by atoms with van der Waals surface area (Å²) < 4.78 is 75.0. The van der Waals surface area contributed by atoms with E-state index in [0.29, 0.717) is 138 Å². The first-order valence-corrected chi connectivity index (χ1v) is 53.0. The van der Waals surface area contributed by atoms with Gasteiger partial charge in [-0.15, -0.1) is 0 Å². The number of ketones is 3. The fourth-order valence-corrected chi connectivity index (χ4v) is 31.9. The number of ether oxygens (including phenoxy) is 12. The molecule has 4 saturated heterocycles. The van der Waals surface area contributed by atoms with Gasteiger partial charge in [-0.3, -0.25) is 19.2 Å². The first kappa shape index (κ1) is 102. The molecule has 11 fully saturated rings. The third-order valence-electron chi connectivity index (χ3n) is 39.6. The molecule has 7 saturated carbocycles. The van der Waals surface area contributed by atoms with Gasteiger partial charge in [-0.05, 0) is 176 Å². The highest BCUT2D eigenvalue weighted by Crippen LogP contribution is 2.64. The maximum absolute atomic E-state index is 12.3. The van der Waals surface area contributed by atoms with Crippen LogP contribution in [0.1, 0.15) is 310 Å². The van der Waals surface area contributed by atoms with Crippen LogP contribution in [0.5, 0.6) is 23.5 Å². The molecule has 32 heteroatoms. The van der Waals surface area contributed by atoms with Gasteiger partial charge in [0.2, 0.25) is 23.5 Å². The molecular weight excluding hydrogens is 1830 g/mol. The van der Waals surface area contributed by atoms with Gasteiger partial charge in [0.25, 0.3) is 5.56 Å². The zero-order valence-electron chi connectivity index (χ0n) is 86.6. The number of aliphatic hydroxyl groups is 1. The smallest absolute Gasteiger partial charge is 0.254 e. The molecule has 4 aliphatic heterocycles. The summed E-state index contributed by atoms with van der Waals surface area (Å²) in [5.74, 6) is 8.21. The number of aromatic amines is 1. The van der Waals surface area contributed by atoms with Crippen LogP contribution in [-0.2, 0) is 130 Å². The van der Waals surface area contributed by atoms with Crippen LogP contribution in [0.3, 0.4) is 0 Å². The van der Waals surface area contributed by atoms with E-state index in [-0.39, 0.29) is 84.4 Å². The molecule has 21 atom stereocenters. The van der Waals surface area contributed by atoms with E-state index in [1.807, 2.05) is 13.1 Å². The van der Waals surface area contributed by atoms with Gasteiger partial charge in [0.05, 0.1) is 134 Å². The number of hydrogen-bond acceptors (Lipinski definition) is 30. The van der Waals surface area contributed by atoms with Crippen molar-refractivity contribution < 1.29 is 80.9 Å². The van der Waals surface area contributed by atoms with Crippen LogP contribution in [0, 0.1) is 82.3 Å². The highest BCUT2D eigenvalue weighted by molar-refractivity contribution is 6.30. The second kappa shape index (κ2) is 39.4. The number of halogens is 1. The first-order valence-electron chi connectivity index (χ1n) is 52.7. The van der Waals surface area contributed by atoms with Crippen LogP contribution in [0.2, 0.25) is 5.15 Å². The van der Waals surface area contributed by atoms with Crippen molar-refractivity contribution in [1.82, 2.24) is 65.0 Å². The number of nitrogens with one attached hydrogen (secondary N) is 1. The zero-order chi connectivity index (χ0) is 100. The van der Waals surface area contributed by atoms with E-state index in [4.69, 9.17) is 73.0 Å². The van der Waals surface area contributed by atoms with Crippen molar-refractivity contribution in [1.29, 1.82) is 0 Å². The average molecular weight is 1980 g/mol. The van der Waals surface area contributed by atoms with Crippen molar-refractivity contribution in [2.24, 2.45) is 82.3 Å². The third kappa shape index (κ3) is 16.9. The minimum Gasteiger partial charge on any atom is -0.515 e. The van der Waals surface area contributed by atoms with Gasteiger partial charge >= 0.3 is 0 Å². The van der Waals surface area contributed by atoms with Crippen molar-refractivity contribution in [2.45, 2.75) is 332 Å². The molecule has 0 unspecified atom stereocenters. The second-order valence-corrected chi connectivity index (χ2v) is 46.1. The van der Waals surface area contributed by atoms with Crippen molar-refractivity contribution >= 4 is 29.0 Å². The lowest BCUT2D eigenvalue weighted by Crippen LogP contribution is -2.56. The van der Waals surface area contributed by atoms with Crippen LogP contribution >= 0.6 is 11.6 Å². The number of methoxy groups -OCH3 is 4. The standard InChI is InChI=1S/C17H24N2O3.C16H21ClN2O2.C16H19N3O2.C16H22N2O3.C16H20N2O3.C15H20N2O2.C14H22O3/c1-11-13-5-4-12-14(18-10-19-15(12)20-3)16(13,2)6-7-17(11)21-8-9-22-17;1-10-12-4-3-11-13(18-9-19-14(11)17)15(12,2)5-6-16(10)20-7-8-21-16;1-9-12-5-4-11-14(17-8-18-15(11)20-3)16(12,2)6-10-7-19-21-13(9)10;1-10-12-4-3-11-13(17-9-18-14(11)19)15(12,2)5-6-16(10)20-7-8-21-16;1-9-12-5-4-11-14(17-8-18-15(11)21-3)16(12,2)6-10(7-19)13(9)20;1-9-11-5-4-10-13(16-8-17-14(10)19-3)15(11,2)7-6-12(9)18;1-10-11-4-3-5-12(15)13(11,2)6-7-14(10)16-8-9-17-14/h10-11,13H,4-9H2,1-3H3;9-10,12H,3-8H2,1-2H3;7-9,12H,4-6H2,1-3H3;9-10,12H,3-8H2,1-2H3,(H,17,18,19);7-9,12,19H,4-6H2,1-3H3;8-9,11H,4-7H2,1-3H3;10-11H,3-9H2,1-2H3/b;;;;10-7-;;/t11-,13-,16-;10-,12-,15-;9-,12-,16-;10-,12-,15-;9-,12-,16-;9-,11-,15-;10-,11-,13-/m0000000/s1. The Hall–Kier alpha value is -8.79. The molecule has 142 heavy (non-hydrogen) atoms. The van der Waals surface area contributed by atoms with E-state index in [1.165, 1.54) is 28.7 Å². The molecule has 0 aromatic carbocycles. The summed E-state index contributed by atoms with van der Waals surface area (Å²) in [4.78, 5) is 99.9. The molecule has 11 heterocycles. The molecule has 25 rings (SSSR count). The number of aromatic nitrogens is 13. The van der Waals surface area contributed by atoms with E-state index in [9.17, 15) is 24.3 Å². The number of carbonyl (C=O) groups excluding carboxylic acids is 3. The molecule has 14 aliphatic carbocycles. The lowest BCUT2D eigenvalue weighted by molar-refractivity contribution is -0.242. The molecule has 18 aliphatic rings. The van der Waals surface area contributed by atoms with E-state index < -0.39 is 5.79 Å². The Morgan fingerprint density at radius 1 is 0.366 bits per heavy atom. The highest BCUT2D eigenvalue weighted by Gasteiger charge is 2.64. The van der Waals surface area contributed by atoms with Gasteiger partial charge in [-0.2, -0.15) is 0 Å². The Balaban J connectivity index is 0.000000105. The summed E-state index contributed by atoms with van der Waals surface area (Å²) in [6, 6.07) is 0. The number of nitrogens with zero attached hydrogens (tertiary/aromatic N) is 12. The molecular formula is C110H148ClN13O18. The van der Waals surface area contributed by atoms with Crippen molar-refractivity contribution in [3.8, 4) is 23.5 Å². The maximum atomic E-state index is 12.3. The topological polar surface area (TPSA) is 383 Å². The number of Topliss-reactive ketones (excluding diaryl/α,β-unsaturated/α-hetero) is 3. The van der Waals surface area contributed by atoms with Crippen LogP contribution in [-0.4, -0.2) is 192 Å². The van der Waals surface area contributed by atoms with E-state index in [0.717, 1.165) is 261 Å². The normalized spacial score (nSPS) is 35.9. The van der Waals surface area contributed by atoms with Crippen molar-refractivity contribution in [3.05, 3.63) is 150 Å². The fourth-order valence-electron chi connectivity index (χ4n) is 31.7. The summed E-state index contributed by atoms with van der Waals surface area (Å²) in [6.45, 7) is 36.8. The summed E-state index contributed by atoms with van der Waals surface area (Å²) in [6.07, 6.45) is 37.6. The van der Waals surface area contributed by atoms with Gasteiger partial charge in [0, 0.05) is 162 Å². The molecule has 7 aromatic rings. The van der Waals surface area contributed by atoms with Gasteiger partial charge in [-0.1, -0.05) is 114 Å². The summed E-state index contributed by atoms with van der Waals surface area (Å²) in [5.41, 5.74) is 14.6. The van der Waals surface area contributed by atoms with Crippen LogP contribution in [0.15, 0.2) is 65.3 Å². The monoisotopic (exact) mass is 1970 g/mol. The Morgan fingerprint density at radius 3 is 1.12 bits per heavy atom. The van der Waals surface area contributed by atoms with Crippen LogP contribution < -0.4 is 24.5 Å². The predicted octanol–water partition coefficient (Wildman–Crippen LogP) is 17.2. The van der Waals surface area contributed by atoms with Crippen molar-refractivity contribution in [3.63, 3.8) is 0 Å². The Labute approximate surface area is 839 Å². The Bertz CT molecular complexity index is 5930.